The van der Waals surface area contributed by atoms with Crippen molar-refractivity contribution in [2.75, 3.05) is 54.0 Å². The van der Waals surface area contributed by atoms with Gasteiger partial charge in [0.2, 0.25) is 17.8 Å². The van der Waals surface area contributed by atoms with Gasteiger partial charge in [-0.15, -0.1) is 0 Å². The largest absolute Gasteiger partial charge is 0.462 e. The number of ether oxygens (including phenoxy) is 3. The number of hydroxylamine groups is 3. The Morgan fingerprint density at radius 3 is 0.983 bits per heavy atom. The van der Waals surface area contributed by atoms with Crippen LogP contribution in [-0.2, 0) is 67.5 Å². The number of nitrogens with one attached hydrogen (secondary N) is 6. The predicted molar refractivity (Wildman–Crippen MR) is 465 cm³/mol. The van der Waals surface area contributed by atoms with Crippen LogP contribution in [0.3, 0.4) is 0 Å². The quantitative estimate of drug-likeness (QED) is 0.00772. The van der Waals surface area contributed by atoms with Crippen LogP contribution < -0.4 is 47.1 Å². The molecule has 3 atom stereocenters. The lowest BCUT2D eigenvalue weighted by atomic mass is 9.77. The number of hydrogen-bond donors (Lipinski definition) is 9. The van der Waals surface area contributed by atoms with E-state index in [0.717, 1.165) is 207 Å². The molecule has 658 valence electrons. The van der Waals surface area contributed by atoms with Crippen molar-refractivity contribution in [3.8, 4) is 0 Å². The molecule has 121 heavy (non-hydrogen) atoms. The molecule has 0 spiro atoms. The highest BCUT2D eigenvalue weighted by Gasteiger charge is 2.35. The molecule has 3 aromatic carbocycles. The minimum absolute atomic E-state index is 0.000133. The van der Waals surface area contributed by atoms with Crippen molar-refractivity contribution in [2.45, 2.75) is 296 Å². The van der Waals surface area contributed by atoms with E-state index in [0.29, 0.717) is 47.8 Å². The van der Waals surface area contributed by atoms with Crippen LogP contribution in [0.1, 0.15) is 285 Å². The van der Waals surface area contributed by atoms with E-state index in [9.17, 15) is 28.8 Å². The van der Waals surface area contributed by atoms with Crippen LogP contribution in [0.15, 0.2) is 110 Å². The summed E-state index contributed by atoms with van der Waals surface area (Å²) in [5.74, 6) is 0.936. The Balaban J connectivity index is 0.000000177. The topological polar surface area (TPSA) is 350 Å². The van der Waals surface area contributed by atoms with Gasteiger partial charge in [0.1, 0.15) is 18.3 Å². The Hall–Kier alpha value is -9.12. The number of esters is 3. The normalized spacial score (nSPS) is 18.2. The summed E-state index contributed by atoms with van der Waals surface area (Å²) in [6.07, 6.45) is 42.2. The van der Waals surface area contributed by atoms with Gasteiger partial charge >= 0.3 is 17.9 Å². The number of benzene rings is 3. The molecule has 3 aliphatic heterocycles. The number of carbonyl (C=O) groups is 6. The maximum Gasteiger partial charge on any atom is 0.309 e. The second-order valence-corrected chi connectivity index (χ2v) is 36.3. The van der Waals surface area contributed by atoms with Gasteiger partial charge in [-0.05, 0) is 237 Å². The summed E-state index contributed by atoms with van der Waals surface area (Å²) in [7, 11) is 0. The molecule has 6 aromatic rings. The number of aromatic nitrogens is 6. The number of amides is 3. The van der Waals surface area contributed by atoms with Gasteiger partial charge in [-0.3, -0.25) is 44.4 Å². The summed E-state index contributed by atoms with van der Waals surface area (Å²) in [4.78, 5) is 105. The van der Waals surface area contributed by atoms with Gasteiger partial charge in [0, 0.05) is 114 Å². The zero-order chi connectivity index (χ0) is 85.3. The fourth-order valence-electron chi connectivity index (χ4n) is 17.9. The number of hydrogen-bond acceptors (Lipinski definition) is 24. The Bertz CT molecular complexity index is 4090. The minimum Gasteiger partial charge on any atom is -0.462 e. The van der Waals surface area contributed by atoms with Crippen molar-refractivity contribution in [3.05, 3.63) is 160 Å². The highest BCUT2D eigenvalue weighted by molar-refractivity contribution is 5.93. The molecule has 6 heterocycles. The van der Waals surface area contributed by atoms with Crippen molar-refractivity contribution in [1.29, 1.82) is 0 Å². The van der Waals surface area contributed by atoms with Gasteiger partial charge in [0.15, 0.2) is 0 Å². The molecule has 3 amide bonds. The third kappa shape index (κ3) is 30.4. The Morgan fingerprint density at radius 1 is 0.380 bits per heavy atom. The van der Waals surface area contributed by atoms with Crippen molar-refractivity contribution in [3.63, 3.8) is 0 Å². The number of piperidine rings is 3. The highest BCUT2D eigenvalue weighted by atomic mass is 16.6. The molecule has 7 aliphatic rings. The van der Waals surface area contributed by atoms with Crippen LogP contribution >= 0.6 is 0 Å². The van der Waals surface area contributed by atoms with Crippen LogP contribution in [0.4, 0.5) is 17.8 Å². The first-order valence-corrected chi connectivity index (χ1v) is 45.3. The summed E-state index contributed by atoms with van der Waals surface area (Å²) in [6, 6.07) is 27.6. The third-order valence-corrected chi connectivity index (χ3v) is 25.4. The van der Waals surface area contributed by atoms with Crippen LogP contribution in [0.2, 0.25) is 0 Å². The molecule has 13 rings (SSSR count). The second-order valence-electron chi connectivity index (χ2n) is 36.3. The molecule has 4 aliphatic carbocycles. The fraction of sp³-hybridized carbons (Fsp3) is 0.617. The van der Waals surface area contributed by atoms with E-state index in [1.54, 1.807) is 16.4 Å². The van der Waals surface area contributed by atoms with Crippen molar-refractivity contribution in [1.82, 2.24) is 62.3 Å². The number of anilines is 3. The SMILES string of the molecule is CC(C)(C)CC[C@H](CCc1ccc(CNC2CCN(c3ncc(C(=O)NO)cn3)CC2)cc1)C(=O)OC1CCCC1.CC(C)C[C@H](CCc1ccc(CNC2CCN(c3ncc(C(=O)NO)cn3)CC2)cc1)C(=O)OC1CCCC1.O=C(NO)c1cnc(N2CCC(NCc3ccc(CC[C@H](C(=O)OC4CCCC4)C4CCCCC4)cc3)CC2)nc1. The summed E-state index contributed by atoms with van der Waals surface area (Å²) in [5, 5.41) is 37.2. The van der Waals surface area contributed by atoms with Gasteiger partial charge in [-0.2, -0.15) is 0 Å². The van der Waals surface area contributed by atoms with E-state index < -0.39 is 17.7 Å². The maximum absolute atomic E-state index is 13.2. The van der Waals surface area contributed by atoms with Crippen molar-refractivity contribution in [2.24, 2.45) is 35.0 Å². The molecule has 7 fully saturated rings. The molecule has 0 radical (unpaired) electrons. The molecule has 4 saturated carbocycles. The first kappa shape index (κ1) is 92.6. The van der Waals surface area contributed by atoms with E-state index in [-0.39, 0.29) is 76.1 Å². The number of aryl methyl sites for hydroxylation is 3. The summed E-state index contributed by atoms with van der Waals surface area (Å²) in [6.45, 7) is 18.5. The number of carbonyl (C=O) groups excluding carboxylic acids is 6. The average molecular weight is 1670 g/mol. The second kappa shape index (κ2) is 48.1. The zero-order valence-electron chi connectivity index (χ0n) is 72.3. The molecule has 0 bridgehead atoms. The zero-order valence-corrected chi connectivity index (χ0v) is 72.3. The highest BCUT2D eigenvalue weighted by Crippen LogP contribution is 2.36. The van der Waals surface area contributed by atoms with E-state index in [4.69, 9.17) is 29.8 Å². The number of rotatable bonds is 35. The Morgan fingerprint density at radius 2 is 0.669 bits per heavy atom. The fourth-order valence-corrected chi connectivity index (χ4v) is 17.9. The lowest BCUT2D eigenvalue weighted by Gasteiger charge is -2.32. The van der Waals surface area contributed by atoms with Crippen LogP contribution in [0, 0.1) is 35.0 Å². The predicted octanol–water partition coefficient (Wildman–Crippen LogP) is 14.6. The standard InChI is InChI=1S/C32H45N5O4.C32H47N5O4.C30H43N5O4/c38-30(36-40)26-21-34-32(35-22-26)37-18-16-27(17-19-37)33-20-24-12-10-23(11-13-24)14-15-29(25-6-2-1-3-7-25)31(39)41-28-8-4-5-9-28;1-32(2,3)17-14-25(30(39)41-28-6-4-5-7-28)13-12-23-8-10-24(11-9-23)20-33-27-15-18-37(19-16-27)31-34-21-26(22-35-31)29(38)36-40;1-21(2)17-24(29(37)39-27-5-3-4-6-27)12-11-22-7-9-23(10-8-22)18-31-26-13-15-35(16-14-26)30-32-19-25(20-33-30)28(36)34-38/h10-13,21-22,25,27-29,33,40H,1-9,14-20H2,(H,36,38);8-11,21-22,25,27-28,33,40H,4-7,12-20H2,1-3H3,(H,36,38);7-10,19-21,24,26-27,31,38H,3-6,11-18H2,1-2H3,(H,34,36)/t29-;25-;24-/m000/s1. The molecule has 0 unspecified atom stereocenters. The molecule has 27 nitrogen and oxygen atoms in total. The summed E-state index contributed by atoms with van der Waals surface area (Å²) < 4.78 is 17.7. The minimum atomic E-state index is -0.618. The van der Waals surface area contributed by atoms with Crippen molar-refractivity contribution < 1.29 is 58.6 Å². The summed E-state index contributed by atoms with van der Waals surface area (Å²) >= 11 is 0. The maximum atomic E-state index is 13.2. The average Bonchev–Trinajstić information content (AvgIpc) is 1.67. The van der Waals surface area contributed by atoms with Gasteiger partial charge in [-0.1, -0.05) is 127 Å². The molecule has 3 aromatic heterocycles. The summed E-state index contributed by atoms with van der Waals surface area (Å²) in [5.41, 5.74) is 13.2. The Labute approximate surface area is 715 Å². The Kier molecular flexibility index (Phi) is 36.8. The molecular formula is C94H135N15O12. The molecule has 3 saturated heterocycles. The first-order valence-electron chi connectivity index (χ1n) is 45.3. The van der Waals surface area contributed by atoms with Crippen molar-refractivity contribution >= 4 is 53.5 Å². The van der Waals surface area contributed by atoms with Crippen LogP contribution in [0.25, 0.3) is 0 Å². The van der Waals surface area contributed by atoms with E-state index in [1.807, 2.05) is 0 Å². The van der Waals surface area contributed by atoms with Gasteiger partial charge < -0.3 is 44.9 Å². The van der Waals surface area contributed by atoms with Crippen LogP contribution in [-0.4, -0.2) is 157 Å². The lowest BCUT2D eigenvalue weighted by molar-refractivity contribution is -0.157. The number of nitrogens with zero attached hydrogens (tertiary/aromatic N) is 9. The van der Waals surface area contributed by atoms with Gasteiger partial charge in [-0.25, -0.2) is 46.3 Å². The van der Waals surface area contributed by atoms with Crippen LogP contribution in [0.5, 0.6) is 0 Å². The monoisotopic (exact) mass is 1670 g/mol. The van der Waals surface area contributed by atoms with Gasteiger partial charge in [0.05, 0.1) is 34.4 Å². The van der Waals surface area contributed by atoms with Gasteiger partial charge in [0.25, 0.3) is 17.7 Å². The molecular weight excluding hydrogens is 1530 g/mol. The molecule has 9 N–H and O–H groups in total. The van der Waals surface area contributed by atoms with E-state index in [1.165, 1.54) is 128 Å². The smallest absolute Gasteiger partial charge is 0.309 e. The lowest BCUT2D eigenvalue weighted by Crippen LogP contribution is -2.43. The van der Waals surface area contributed by atoms with E-state index >= 15 is 0 Å². The first-order chi connectivity index (χ1) is 58.7. The third-order valence-electron chi connectivity index (χ3n) is 25.4. The van der Waals surface area contributed by atoms with E-state index in [2.05, 4.69) is 168 Å². The molecule has 27 heteroatoms.